The van der Waals surface area contributed by atoms with Gasteiger partial charge in [-0.2, -0.15) is 0 Å². The summed E-state index contributed by atoms with van der Waals surface area (Å²) < 4.78 is 11.7. The Hall–Kier alpha value is -0.600. The molecule has 0 N–H and O–H groups in total. The van der Waals surface area contributed by atoms with E-state index in [1.165, 1.54) is 0 Å². The van der Waals surface area contributed by atoms with Gasteiger partial charge in [-0.1, -0.05) is 44.9 Å². The fourth-order valence-corrected chi connectivity index (χ4v) is 1.49. The van der Waals surface area contributed by atoms with Gasteiger partial charge in [-0.3, -0.25) is 0 Å². The Balaban J connectivity index is 2.41. The van der Waals surface area contributed by atoms with Crippen LogP contribution in [-0.2, 0) is 9.47 Å². The van der Waals surface area contributed by atoms with E-state index in [-0.39, 0.29) is 0 Å². The number of allylic oxidation sites excluding steroid dienone is 2. The van der Waals surface area contributed by atoms with E-state index in [1.807, 2.05) is 30.7 Å². The number of hydrogen-bond acceptors (Lipinski definition) is 2. The van der Waals surface area contributed by atoms with Gasteiger partial charge < -0.3 is 9.47 Å². The molecule has 0 amide bonds. The largest absolute Gasteiger partial charge is 0.346 e. The molecule has 0 aromatic heterocycles. The van der Waals surface area contributed by atoms with Crippen molar-refractivity contribution in [1.82, 2.24) is 0 Å². The third-order valence-electron chi connectivity index (χ3n) is 2.53. The van der Waals surface area contributed by atoms with Gasteiger partial charge in [0.2, 0.25) is 0 Å². The van der Waals surface area contributed by atoms with Crippen molar-refractivity contribution in [3.05, 3.63) is 30.7 Å². The van der Waals surface area contributed by atoms with Gasteiger partial charge in [0.05, 0.1) is 13.2 Å². The van der Waals surface area contributed by atoms with E-state index in [0.29, 0.717) is 0 Å². The molecular weight excluding hydrogens is 200 g/mol. The molecular formula is C14H23O2. The van der Waals surface area contributed by atoms with Gasteiger partial charge in [0.15, 0.2) is 5.79 Å². The summed E-state index contributed by atoms with van der Waals surface area (Å²) in [6.45, 7) is 5.82. The molecule has 0 saturated carbocycles. The Morgan fingerprint density at radius 1 is 0.875 bits per heavy atom. The van der Waals surface area contributed by atoms with Crippen LogP contribution < -0.4 is 0 Å². The van der Waals surface area contributed by atoms with Crippen molar-refractivity contribution < 1.29 is 9.47 Å². The first kappa shape index (κ1) is 13.5. The van der Waals surface area contributed by atoms with E-state index < -0.39 is 5.79 Å². The lowest BCUT2D eigenvalue weighted by Gasteiger charge is -2.31. The lowest BCUT2D eigenvalue weighted by atomic mass is 10.1. The molecule has 2 heteroatoms. The summed E-state index contributed by atoms with van der Waals surface area (Å²) >= 11 is 0. The first-order valence-electron chi connectivity index (χ1n) is 6.31. The normalized spacial score (nSPS) is 17.9. The molecule has 0 bridgehead atoms. The second-order valence-corrected chi connectivity index (χ2v) is 4.04. The summed E-state index contributed by atoms with van der Waals surface area (Å²) in [5.74, 6) is -0.612. The van der Waals surface area contributed by atoms with Gasteiger partial charge in [-0.15, -0.1) is 0 Å². The SMILES string of the molecule is CCCCOC1(OCCCC)[CH]C=CC=C1. The van der Waals surface area contributed by atoms with E-state index in [4.69, 9.17) is 9.47 Å². The van der Waals surface area contributed by atoms with E-state index in [9.17, 15) is 0 Å². The topological polar surface area (TPSA) is 18.5 Å². The average Bonchev–Trinajstić information content (AvgIpc) is 2.31. The van der Waals surface area contributed by atoms with Crippen molar-refractivity contribution in [2.24, 2.45) is 0 Å². The highest BCUT2D eigenvalue weighted by Gasteiger charge is 2.28. The molecule has 0 saturated heterocycles. The van der Waals surface area contributed by atoms with Gasteiger partial charge in [-0.05, 0) is 18.9 Å². The molecule has 0 aromatic carbocycles. The van der Waals surface area contributed by atoms with Crippen LogP contribution in [0.5, 0.6) is 0 Å². The molecule has 1 aliphatic carbocycles. The summed E-state index contributed by atoms with van der Waals surface area (Å²) in [6, 6.07) is 0. The van der Waals surface area contributed by atoms with Crippen LogP contribution in [-0.4, -0.2) is 19.0 Å². The van der Waals surface area contributed by atoms with Crippen LogP contribution in [0.4, 0.5) is 0 Å². The monoisotopic (exact) mass is 223 g/mol. The standard InChI is InChI=1S/C14H23O2/c1-3-5-12-15-14(16-13-6-4-2)10-8-7-9-11-14/h7-11H,3-6,12-13H2,1-2H3. The van der Waals surface area contributed by atoms with E-state index >= 15 is 0 Å². The second-order valence-electron chi connectivity index (χ2n) is 4.04. The lowest BCUT2D eigenvalue weighted by Crippen LogP contribution is -2.35. The molecule has 0 spiro atoms. The highest BCUT2D eigenvalue weighted by Crippen LogP contribution is 2.24. The quantitative estimate of drug-likeness (QED) is 0.462. The summed E-state index contributed by atoms with van der Waals surface area (Å²) in [5.41, 5.74) is 0. The third kappa shape index (κ3) is 4.50. The van der Waals surface area contributed by atoms with E-state index in [2.05, 4.69) is 13.8 Å². The highest BCUT2D eigenvalue weighted by atomic mass is 16.7. The molecule has 0 atom stereocenters. The van der Waals surface area contributed by atoms with Gasteiger partial charge in [-0.25, -0.2) is 0 Å². The Morgan fingerprint density at radius 2 is 1.50 bits per heavy atom. The first-order valence-corrected chi connectivity index (χ1v) is 6.31. The number of hydrogen-bond donors (Lipinski definition) is 0. The van der Waals surface area contributed by atoms with Crippen LogP contribution in [0.2, 0.25) is 0 Å². The van der Waals surface area contributed by atoms with Crippen molar-refractivity contribution >= 4 is 0 Å². The molecule has 16 heavy (non-hydrogen) atoms. The molecule has 0 heterocycles. The van der Waals surface area contributed by atoms with Crippen LogP contribution in [0.25, 0.3) is 0 Å². The summed E-state index contributed by atoms with van der Waals surface area (Å²) in [4.78, 5) is 0. The molecule has 1 radical (unpaired) electrons. The van der Waals surface area contributed by atoms with Crippen molar-refractivity contribution in [1.29, 1.82) is 0 Å². The average molecular weight is 223 g/mol. The smallest absolute Gasteiger partial charge is 0.195 e. The van der Waals surface area contributed by atoms with Crippen molar-refractivity contribution in [3.8, 4) is 0 Å². The van der Waals surface area contributed by atoms with Gasteiger partial charge in [0, 0.05) is 6.42 Å². The maximum Gasteiger partial charge on any atom is 0.195 e. The zero-order chi connectivity index (χ0) is 11.7. The molecule has 2 nitrogen and oxygen atoms in total. The molecule has 0 aromatic rings. The van der Waals surface area contributed by atoms with Crippen molar-refractivity contribution in [3.63, 3.8) is 0 Å². The Morgan fingerprint density at radius 3 is 1.94 bits per heavy atom. The minimum absolute atomic E-state index is 0.612. The molecule has 1 rings (SSSR count). The molecule has 0 fully saturated rings. The van der Waals surface area contributed by atoms with Gasteiger partial charge >= 0.3 is 0 Å². The minimum atomic E-state index is -0.612. The third-order valence-corrected chi connectivity index (χ3v) is 2.53. The first-order chi connectivity index (χ1) is 7.83. The zero-order valence-corrected chi connectivity index (χ0v) is 10.4. The minimum Gasteiger partial charge on any atom is -0.346 e. The van der Waals surface area contributed by atoms with Crippen LogP contribution in [0, 0.1) is 6.42 Å². The maximum absolute atomic E-state index is 5.84. The summed E-state index contributed by atoms with van der Waals surface area (Å²) in [6.07, 6.45) is 14.4. The zero-order valence-electron chi connectivity index (χ0n) is 10.4. The van der Waals surface area contributed by atoms with Crippen molar-refractivity contribution in [2.75, 3.05) is 13.2 Å². The van der Waals surface area contributed by atoms with Crippen LogP contribution in [0.1, 0.15) is 39.5 Å². The predicted molar refractivity (Wildman–Crippen MR) is 67.0 cm³/mol. The second kappa shape index (κ2) is 7.64. The van der Waals surface area contributed by atoms with Crippen LogP contribution in [0.15, 0.2) is 24.3 Å². The molecule has 1 aliphatic rings. The molecule has 0 aliphatic heterocycles. The number of ether oxygens (including phenoxy) is 2. The molecule has 91 valence electrons. The fraction of sp³-hybridized carbons (Fsp3) is 0.643. The number of unbranched alkanes of at least 4 members (excludes halogenated alkanes) is 2. The van der Waals surface area contributed by atoms with Gasteiger partial charge in [0.1, 0.15) is 0 Å². The van der Waals surface area contributed by atoms with Crippen molar-refractivity contribution in [2.45, 2.75) is 45.3 Å². The van der Waals surface area contributed by atoms with Crippen LogP contribution in [0.3, 0.4) is 0 Å². The lowest BCUT2D eigenvalue weighted by molar-refractivity contribution is -0.181. The Bertz CT molecular complexity index is 221. The maximum atomic E-state index is 5.84. The fourth-order valence-electron chi connectivity index (χ4n) is 1.49. The Labute approximate surface area is 99.3 Å². The van der Waals surface area contributed by atoms with Gasteiger partial charge in [0.25, 0.3) is 0 Å². The van der Waals surface area contributed by atoms with Crippen LogP contribution >= 0.6 is 0 Å². The van der Waals surface area contributed by atoms with E-state index in [0.717, 1.165) is 38.9 Å². The predicted octanol–water partition coefficient (Wildman–Crippen LogP) is 3.65. The molecule has 0 unspecified atom stereocenters. The van der Waals surface area contributed by atoms with E-state index in [1.54, 1.807) is 0 Å². The number of rotatable bonds is 8. The highest BCUT2D eigenvalue weighted by molar-refractivity contribution is 5.24. The summed E-state index contributed by atoms with van der Waals surface area (Å²) in [5, 5.41) is 0. The Kier molecular flexibility index (Phi) is 6.43. The summed E-state index contributed by atoms with van der Waals surface area (Å²) in [7, 11) is 0.